The van der Waals surface area contributed by atoms with Gasteiger partial charge in [0.25, 0.3) is 0 Å². The van der Waals surface area contributed by atoms with Crippen molar-refractivity contribution in [3.05, 3.63) is 23.8 Å². The summed E-state index contributed by atoms with van der Waals surface area (Å²) in [5, 5.41) is 20.5. The van der Waals surface area contributed by atoms with Crippen molar-refractivity contribution in [2.75, 3.05) is 6.61 Å². The molecule has 0 aliphatic heterocycles. The van der Waals surface area contributed by atoms with Gasteiger partial charge in [-0.25, -0.2) is 0 Å². The minimum atomic E-state index is -0.548. The van der Waals surface area contributed by atoms with Crippen molar-refractivity contribution < 1.29 is 29.3 Å². The monoisotopic (exact) mass is 416 g/mol. The predicted octanol–water partition coefficient (Wildman–Crippen LogP) is 3.41. The van der Waals surface area contributed by atoms with Gasteiger partial charge in [0.2, 0.25) is 0 Å². The van der Waals surface area contributed by atoms with E-state index in [-0.39, 0.29) is 36.6 Å². The molecule has 0 unspecified atom stereocenters. The number of esters is 1. The maximum Gasteiger partial charge on any atom is 0.302 e. The lowest BCUT2D eigenvalue weighted by Crippen LogP contribution is -2.32. The highest BCUT2D eigenvalue weighted by atomic mass is 16.5. The SMILES string of the molecule is CC[C@H]1C#CC[C@@H](Cc2ccc(O)c(OCCC=O)c2)[C@@H](OC(C)=O)C[C@@H](O)CC1. The molecule has 6 heteroatoms. The van der Waals surface area contributed by atoms with Crippen LogP contribution in [0.25, 0.3) is 0 Å². The second kappa shape index (κ2) is 12.2. The molecular formula is C24H32O6. The van der Waals surface area contributed by atoms with Crippen LogP contribution in [0.2, 0.25) is 0 Å². The van der Waals surface area contributed by atoms with Gasteiger partial charge in [-0.1, -0.05) is 18.9 Å². The first-order valence-electron chi connectivity index (χ1n) is 10.6. The van der Waals surface area contributed by atoms with Gasteiger partial charge in [0.15, 0.2) is 11.5 Å². The molecule has 0 amide bonds. The Morgan fingerprint density at radius 1 is 1.33 bits per heavy atom. The van der Waals surface area contributed by atoms with Crippen LogP contribution in [0.5, 0.6) is 11.5 Å². The molecule has 0 heterocycles. The number of rotatable bonds is 8. The van der Waals surface area contributed by atoms with Crippen LogP contribution in [0.1, 0.15) is 57.9 Å². The van der Waals surface area contributed by atoms with E-state index in [1.54, 1.807) is 18.2 Å². The van der Waals surface area contributed by atoms with Crippen LogP contribution >= 0.6 is 0 Å². The molecule has 4 atom stereocenters. The van der Waals surface area contributed by atoms with E-state index in [0.29, 0.717) is 31.4 Å². The Labute approximate surface area is 178 Å². The smallest absolute Gasteiger partial charge is 0.302 e. The highest BCUT2D eigenvalue weighted by molar-refractivity contribution is 5.66. The van der Waals surface area contributed by atoms with Gasteiger partial charge in [0.05, 0.1) is 12.7 Å². The van der Waals surface area contributed by atoms with Crippen LogP contribution < -0.4 is 4.74 Å². The highest BCUT2D eigenvalue weighted by Gasteiger charge is 2.28. The van der Waals surface area contributed by atoms with Gasteiger partial charge < -0.3 is 24.5 Å². The molecule has 2 rings (SSSR count). The number of aldehydes is 1. The molecule has 0 fully saturated rings. The largest absolute Gasteiger partial charge is 0.504 e. The Balaban J connectivity index is 2.25. The number of aromatic hydroxyl groups is 1. The van der Waals surface area contributed by atoms with Crippen LogP contribution in [0, 0.1) is 23.7 Å². The van der Waals surface area contributed by atoms with Crippen molar-refractivity contribution in [2.24, 2.45) is 11.8 Å². The number of carbonyl (C=O) groups excluding carboxylic acids is 2. The number of hydrogen-bond donors (Lipinski definition) is 2. The second-order valence-corrected chi connectivity index (χ2v) is 7.82. The first-order valence-corrected chi connectivity index (χ1v) is 10.6. The first-order chi connectivity index (χ1) is 14.4. The lowest BCUT2D eigenvalue weighted by molar-refractivity contribution is -0.150. The average molecular weight is 417 g/mol. The number of phenols is 1. The van der Waals surface area contributed by atoms with Gasteiger partial charge in [-0.15, -0.1) is 5.92 Å². The maximum absolute atomic E-state index is 11.7. The van der Waals surface area contributed by atoms with E-state index in [0.717, 1.165) is 24.7 Å². The molecule has 0 bridgehead atoms. The Kier molecular flexibility index (Phi) is 9.69. The summed E-state index contributed by atoms with van der Waals surface area (Å²) in [6.45, 7) is 3.66. The van der Waals surface area contributed by atoms with E-state index in [1.165, 1.54) is 6.92 Å². The van der Waals surface area contributed by atoms with Gasteiger partial charge in [-0.05, 0) is 43.4 Å². The van der Waals surface area contributed by atoms with Crippen molar-refractivity contribution in [3.8, 4) is 23.3 Å². The Hall–Kier alpha value is -2.52. The van der Waals surface area contributed by atoms with Gasteiger partial charge in [0.1, 0.15) is 12.4 Å². The summed E-state index contributed by atoms with van der Waals surface area (Å²) in [7, 11) is 0. The number of benzene rings is 1. The lowest BCUT2D eigenvalue weighted by atomic mass is 9.85. The maximum atomic E-state index is 11.7. The fourth-order valence-corrected chi connectivity index (χ4v) is 3.70. The minimum absolute atomic E-state index is 0.00754. The van der Waals surface area contributed by atoms with E-state index in [9.17, 15) is 19.8 Å². The molecule has 0 aromatic heterocycles. The quantitative estimate of drug-likeness (QED) is 0.292. The fourth-order valence-electron chi connectivity index (χ4n) is 3.70. The van der Waals surface area contributed by atoms with E-state index >= 15 is 0 Å². The molecule has 0 radical (unpaired) electrons. The topological polar surface area (TPSA) is 93.1 Å². The van der Waals surface area contributed by atoms with Gasteiger partial charge in [-0.2, -0.15) is 0 Å². The fraction of sp³-hybridized carbons (Fsp3) is 0.583. The van der Waals surface area contributed by atoms with Crippen LogP contribution in [-0.2, 0) is 20.7 Å². The third-order valence-electron chi connectivity index (χ3n) is 5.37. The molecule has 1 aliphatic carbocycles. The molecule has 1 aromatic carbocycles. The van der Waals surface area contributed by atoms with Crippen molar-refractivity contribution in [2.45, 2.75) is 71.0 Å². The summed E-state index contributed by atoms with van der Waals surface area (Å²) in [4.78, 5) is 22.2. The van der Waals surface area contributed by atoms with E-state index < -0.39 is 12.2 Å². The number of phenolic OH excluding ortho intramolecular Hbond substituents is 1. The Morgan fingerprint density at radius 2 is 2.13 bits per heavy atom. The third-order valence-corrected chi connectivity index (χ3v) is 5.37. The molecule has 1 aliphatic rings. The Bertz CT molecular complexity index is 763. The summed E-state index contributed by atoms with van der Waals surface area (Å²) in [6.07, 6.45) is 3.90. The van der Waals surface area contributed by atoms with Gasteiger partial charge >= 0.3 is 5.97 Å². The van der Waals surface area contributed by atoms with Crippen molar-refractivity contribution in [3.63, 3.8) is 0 Å². The van der Waals surface area contributed by atoms with E-state index in [1.807, 2.05) is 0 Å². The zero-order chi connectivity index (χ0) is 21.9. The standard InChI is InChI=1S/C24H32O6/c1-3-18-6-4-7-20(23(30-17(2)26)16-21(27)10-8-18)14-19-9-11-22(28)24(15-19)29-13-5-12-25/h9,11-12,15,18,20-21,23,27-28H,3,5,7-8,10,13-14,16H2,1-2H3/t18-,20-,21-,23-/m0/s1. The van der Waals surface area contributed by atoms with E-state index in [2.05, 4.69) is 18.8 Å². The molecular weight excluding hydrogens is 384 g/mol. The summed E-state index contributed by atoms with van der Waals surface area (Å²) in [5.41, 5.74) is 0.899. The van der Waals surface area contributed by atoms with Crippen molar-refractivity contribution in [1.82, 2.24) is 0 Å². The molecule has 6 nitrogen and oxygen atoms in total. The third kappa shape index (κ3) is 7.72. The summed E-state index contributed by atoms with van der Waals surface area (Å²) < 4.78 is 11.1. The summed E-state index contributed by atoms with van der Waals surface area (Å²) in [6, 6.07) is 5.09. The zero-order valence-corrected chi connectivity index (χ0v) is 17.8. The number of aliphatic hydroxyl groups excluding tert-OH is 1. The summed E-state index contributed by atoms with van der Waals surface area (Å²) >= 11 is 0. The Morgan fingerprint density at radius 3 is 2.83 bits per heavy atom. The molecule has 2 N–H and O–H groups in total. The molecule has 0 spiro atoms. The molecule has 30 heavy (non-hydrogen) atoms. The van der Waals surface area contributed by atoms with Crippen LogP contribution in [0.15, 0.2) is 18.2 Å². The second-order valence-electron chi connectivity index (χ2n) is 7.82. The normalized spacial score (nSPS) is 24.2. The first kappa shape index (κ1) is 23.8. The molecule has 1 aromatic rings. The molecule has 0 saturated heterocycles. The van der Waals surface area contributed by atoms with Gasteiger partial charge in [0, 0.05) is 38.0 Å². The lowest BCUT2D eigenvalue weighted by Gasteiger charge is -2.28. The van der Waals surface area contributed by atoms with Crippen molar-refractivity contribution >= 4 is 12.3 Å². The van der Waals surface area contributed by atoms with E-state index in [4.69, 9.17) is 9.47 Å². The van der Waals surface area contributed by atoms with Crippen molar-refractivity contribution in [1.29, 1.82) is 0 Å². The number of hydrogen-bond acceptors (Lipinski definition) is 6. The van der Waals surface area contributed by atoms with Crippen LogP contribution in [0.4, 0.5) is 0 Å². The summed E-state index contributed by atoms with van der Waals surface area (Å²) in [5.74, 6) is 6.68. The highest BCUT2D eigenvalue weighted by Crippen LogP contribution is 2.31. The molecule has 164 valence electrons. The minimum Gasteiger partial charge on any atom is -0.504 e. The number of aliphatic hydroxyl groups is 1. The van der Waals surface area contributed by atoms with Crippen LogP contribution in [0.3, 0.4) is 0 Å². The predicted molar refractivity (Wildman–Crippen MR) is 113 cm³/mol. The number of ether oxygens (including phenoxy) is 2. The zero-order valence-electron chi connectivity index (χ0n) is 17.8. The number of carbonyl (C=O) groups is 2. The molecule has 0 saturated carbocycles. The van der Waals surface area contributed by atoms with Gasteiger partial charge in [-0.3, -0.25) is 4.79 Å². The average Bonchev–Trinajstić information content (AvgIpc) is 2.70. The van der Waals surface area contributed by atoms with Crippen LogP contribution in [-0.4, -0.2) is 41.3 Å².